The summed E-state index contributed by atoms with van der Waals surface area (Å²) < 4.78 is 10.4. The highest BCUT2D eigenvalue weighted by Gasteiger charge is 2.49. The minimum absolute atomic E-state index is 0.0275. The standard InChI is InChI=1S/C25H27NO6/c1-14-12-17(31-2)9-10-18(14)23(28)21-22(15-8-11-20(32-3)19(27)13-15)26(25(30)24(21)29)16-6-4-5-7-16/h8-13,16,22,27-28H,4-7H2,1-3H3/b23-21-. The van der Waals surface area contributed by atoms with Crippen molar-refractivity contribution in [3.63, 3.8) is 0 Å². The molecule has 2 fully saturated rings. The molecule has 1 amide bonds. The number of aromatic hydroxyl groups is 1. The lowest BCUT2D eigenvalue weighted by Gasteiger charge is -2.31. The number of Topliss-reactive ketones (excluding diaryl/α,β-unsaturated/α-hetero) is 1. The molecule has 168 valence electrons. The van der Waals surface area contributed by atoms with Crippen molar-refractivity contribution >= 4 is 17.4 Å². The van der Waals surface area contributed by atoms with Gasteiger partial charge in [0, 0.05) is 11.6 Å². The van der Waals surface area contributed by atoms with E-state index in [1.54, 1.807) is 49.3 Å². The molecule has 1 aliphatic carbocycles. The Labute approximate surface area is 186 Å². The van der Waals surface area contributed by atoms with Gasteiger partial charge in [-0.25, -0.2) is 0 Å². The molecular weight excluding hydrogens is 410 g/mol. The van der Waals surface area contributed by atoms with Crippen molar-refractivity contribution < 1.29 is 29.3 Å². The maximum atomic E-state index is 13.2. The van der Waals surface area contributed by atoms with Crippen molar-refractivity contribution in [2.75, 3.05) is 14.2 Å². The van der Waals surface area contributed by atoms with E-state index in [-0.39, 0.29) is 28.9 Å². The first kappa shape index (κ1) is 21.7. The van der Waals surface area contributed by atoms with E-state index >= 15 is 0 Å². The normalized spacial score (nSPS) is 20.7. The maximum Gasteiger partial charge on any atom is 0.295 e. The molecule has 0 spiro atoms. The summed E-state index contributed by atoms with van der Waals surface area (Å²) in [7, 11) is 3.00. The zero-order valence-corrected chi connectivity index (χ0v) is 18.4. The number of ether oxygens (including phenoxy) is 2. The molecule has 32 heavy (non-hydrogen) atoms. The van der Waals surface area contributed by atoms with Gasteiger partial charge in [-0.15, -0.1) is 0 Å². The molecule has 4 rings (SSSR count). The van der Waals surface area contributed by atoms with Gasteiger partial charge in [-0.2, -0.15) is 0 Å². The maximum absolute atomic E-state index is 13.2. The highest BCUT2D eigenvalue weighted by atomic mass is 16.5. The predicted octanol–water partition coefficient (Wildman–Crippen LogP) is 4.08. The fraction of sp³-hybridized carbons (Fsp3) is 0.360. The summed E-state index contributed by atoms with van der Waals surface area (Å²) in [5.74, 6) is -0.749. The average Bonchev–Trinajstić information content (AvgIpc) is 3.40. The highest BCUT2D eigenvalue weighted by Crippen LogP contribution is 2.45. The molecule has 2 aromatic rings. The van der Waals surface area contributed by atoms with Crippen molar-refractivity contribution in [2.24, 2.45) is 0 Å². The Kier molecular flexibility index (Phi) is 5.82. The van der Waals surface area contributed by atoms with Crippen molar-refractivity contribution in [1.82, 2.24) is 4.90 Å². The SMILES string of the molecule is COc1ccc(/C(O)=C2/C(=O)C(=O)N(C3CCCC3)C2c2ccc(OC)c(O)c2)c(C)c1. The Balaban J connectivity index is 1.90. The van der Waals surface area contributed by atoms with Crippen LogP contribution in [0.4, 0.5) is 0 Å². The van der Waals surface area contributed by atoms with Gasteiger partial charge in [0.25, 0.3) is 11.7 Å². The lowest BCUT2D eigenvalue weighted by molar-refractivity contribution is -0.141. The van der Waals surface area contributed by atoms with E-state index in [9.17, 15) is 19.8 Å². The zero-order chi connectivity index (χ0) is 23.0. The fourth-order valence-electron chi connectivity index (χ4n) is 4.79. The van der Waals surface area contributed by atoms with Crippen LogP contribution in [-0.4, -0.2) is 47.1 Å². The molecule has 0 bridgehead atoms. The van der Waals surface area contributed by atoms with E-state index in [1.165, 1.54) is 13.2 Å². The van der Waals surface area contributed by atoms with Crippen molar-refractivity contribution in [1.29, 1.82) is 0 Å². The van der Waals surface area contributed by atoms with Crippen LogP contribution < -0.4 is 9.47 Å². The van der Waals surface area contributed by atoms with Crippen molar-refractivity contribution in [3.8, 4) is 17.2 Å². The second kappa shape index (κ2) is 8.57. The topological polar surface area (TPSA) is 96.3 Å². The molecule has 0 aromatic heterocycles. The number of aryl methyl sites for hydroxylation is 1. The highest BCUT2D eigenvalue weighted by molar-refractivity contribution is 6.46. The quantitative estimate of drug-likeness (QED) is 0.416. The summed E-state index contributed by atoms with van der Waals surface area (Å²) in [6, 6.07) is 9.04. The molecule has 2 aromatic carbocycles. The minimum atomic E-state index is -0.795. The third-order valence-corrected chi connectivity index (χ3v) is 6.41. The van der Waals surface area contributed by atoms with E-state index in [1.807, 2.05) is 0 Å². The number of hydrogen-bond donors (Lipinski definition) is 2. The van der Waals surface area contributed by atoms with Gasteiger partial charge >= 0.3 is 0 Å². The number of likely N-dealkylation sites (tertiary alicyclic amines) is 1. The first-order valence-electron chi connectivity index (χ1n) is 10.7. The van der Waals surface area contributed by atoms with E-state index in [2.05, 4.69) is 0 Å². The molecule has 1 unspecified atom stereocenters. The second-order valence-corrected chi connectivity index (χ2v) is 8.26. The van der Waals surface area contributed by atoms with Gasteiger partial charge in [0.2, 0.25) is 0 Å². The molecule has 2 N–H and O–H groups in total. The van der Waals surface area contributed by atoms with Crippen LogP contribution in [-0.2, 0) is 9.59 Å². The van der Waals surface area contributed by atoms with Gasteiger partial charge in [0.1, 0.15) is 11.5 Å². The summed E-state index contributed by atoms with van der Waals surface area (Å²) >= 11 is 0. The van der Waals surface area contributed by atoms with E-state index < -0.39 is 17.7 Å². The number of aliphatic hydroxyl groups excluding tert-OH is 1. The Bertz CT molecular complexity index is 1100. The molecule has 7 heteroatoms. The van der Waals surface area contributed by atoms with Gasteiger partial charge in [-0.05, 0) is 61.2 Å². The molecule has 7 nitrogen and oxygen atoms in total. The molecule has 1 atom stereocenters. The number of benzene rings is 2. The first-order chi connectivity index (χ1) is 15.4. The first-order valence-corrected chi connectivity index (χ1v) is 10.7. The van der Waals surface area contributed by atoms with Crippen LogP contribution in [0.25, 0.3) is 5.76 Å². The van der Waals surface area contributed by atoms with Gasteiger partial charge in [-0.1, -0.05) is 18.9 Å². The monoisotopic (exact) mass is 437 g/mol. The Morgan fingerprint density at radius 1 is 1.03 bits per heavy atom. The summed E-state index contributed by atoms with van der Waals surface area (Å²) in [5, 5.41) is 21.6. The summed E-state index contributed by atoms with van der Waals surface area (Å²) in [5.41, 5.74) is 1.74. The van der Waals surface area contributed by atoms with E-state index in [0.29, 0.717) is 22.4 Å². The van der Waals surface area contributed by atoms with Crippen LogP contribution in [0.5, 0.6) is 17.2 Å². The number of rotatable bonds is 5. The number of methoxy groups -OCH3 is 2. The Morgan fingerprint density at radius 2 is 1.75 bits per heavy atom. The number of aliphatic hydroxyl groups is 1. The largest absolute Gasteiger partial charge is 0.507 e. The number of carbonyl (C=O) groups excluding carboxylic acids is 2. The molecule has 1 heterocycles. The number of nitrogens with zero attached hydrogens (tertiary/aromatic N) is 1. The van der Waals surface area contributed by atoms with Gasteiger partial charge in [-0.3, -0.25) is 9.59 Å². The van der Waals surface area contributed by atoms with Gasteiger partial charge in [0.05, 0.1) is 25.8 Å². The van der Waals surface area contributed by atoms with Crippen LogP contribution in [0.1, 0.15) is 48.4 Å². The average molecular weight is 437 g/mol. The summed E-state index contributed by atoms with van der Waals surface area (Å²) in [6.07, 6.45) is 3.55. The van der Waals surface area contributed by atoms with Crippen LogP contribution in [0.3, 0.4) is 0 Å². The molecule has 1 aliphatic heterocycles. The van der Waals surface area contributed by atoms with Crippen LogP contribution >= 0.6 is 0 Å². The number of carbonyl (C=O) groups is 2. The third kappa shape index (κ3) is 3.57. The molecule has 0 radical (unpaired) electrons. The third-order valence-electron chi connectivity index (χ3n) is 6.41. The lowest BCUT2D eigenvalue weighted by Crippen LogP contribution is -2.37. The van der Waals surface area contributed by atoms with Gasteiger partial charge in [0.15, 0.2) is 11.5 Å². The fourth-order valence-corrected chi connectivity index (χ4v) is 4.79. The lowest BCUT2D eigenvalue weighted by atomic mass is 9.93. The van der Waals surface area contributed by atoms with E-state index in [4.69, 9.17) is 9.47 Å². The Hall–Kier alpha value is -3.48. The molecule has 2 aliphatic rings. The number of hydrogen-bond acceptors (Lipinski definition) is 6. The molecule has 1 saturated carbocycles. The van der Waals surface area contributed by atoms with Crippen molar-refractivity contribution in [3.05, 3.63) is 58.7 Å². The van der Waals surface area contributed by atoms with Crippen LogP contribution in [0.2, 0.25) is 0 Å². The molecule has 1 saturated heterocycles. The number of amides is 1. The van der Waals surface area contributed by atoms with Crippen LogP contribution in [0, 0.1) is 6.92 Å². The second-order valence-electron chi connectivity index (χ2n) is 8.26. The smallest absolute Gasteiger partial charge is 0.295 e. The minimum Gasteiger partial charge on any atom is -0.507 e. The number of phenolic OH excluding ortho intramolecular Hbond substituents is 1. The van der Waals surface area contributed by atoms with Gasteiger partial charge < -0.3 is 24.6 Å². The number of phenols is 1. The van der Waals surface area contributed by atoms with E-state index in [0.717, 1.165) is 25.7 Å². The number of ketones is 1. The summed E-state index contributed by atoms with van der Waals surface area (Å²) in [4.78, 5) is 27.9. The van der Waals surface area contributed by atoms with Crippen LogP contribution in [0.15, 0.2) is 42.0 Å². The van der Waals surface area contributed by atoms with Crippen molar-refractivity contribution in [2.45, 2.75) is 44.7 Å². The molecular formula is C25H27NO6. The Morgan fingerprint density at radius 3 is 2.34 bits per heavy atom. The zero-order valence-electron chi connectivity index (χ0n) is 18.4. The summed E-state index contributed by atoms with van der Waals surface area (Å²) in [6.45, 7) is 1.80. The predicted molar refractivity (Wildman–Crippen MR) is 119 cm³/mol.